The molecule has 0 heterocycles. The lowest BCUT2D eigenvalue weighted by Gasteiger charge is -2.24. The number of benzene rings is 1. The summed E-state index contributed by atoms with van der Waals surface area (Å²) < 4.78 is 0. The van der Waals surface area contributed by atoms with Gasteiger partial charge >= 0.3 is 0 Å². The number of halogens is 2. The third-order valence-corrected chi connectivity index (χ3v) is 3.59. The molecule has 16 heavy (non-hydrogen) atoms. The summed E-state index contributed by atoms with van der Waals surface area (Å²) in [7, 11) is 0. The summed E-state index contributed by atoms with van der Waals surface area (Å²) in [6, 6.07) is 5.82. The molecule has 1 unspecified atom stereocenters. The first-order valence-corrected chi connectivity index (χ1v) is 6.16. The zero-order chi connectivity index (χ0) is 11.8. The molecule has 1 aromatic carbocycles. The van der Waals surface area contributed by atoms with Gasteiger partial charge < -0.3 is 10.4 Å². The van der Waals surface area contributed by atoms with E-state index < -0.39 is 5.60 Å². The van der Waals surface area contributed by atoms with Crippen molar-refractivity contribution in [3.05, 3.63) is 33.8 Å². The molecular weight excluding hydrogens is 245 g/mol. The van der Waals surface area contributed by atoms with Crippen LogP contribution >= 0.6 is 23.2 Å². The molecule has 1 aliphatic carbocycles. The summed E-state index contributed by atoms with van der Waals surface area (Å²) in [5.74, 6) is 0. The molecule has 1 aliphatic rings. The fourth-order valence-corrected chi connectivity index (χ4v) is 1.86. The van der Waals surface area contributed by atoms with Crippen molar-refractivity contribution in [3.8, 4) is 0 Å². The van der Waals surface area contributed by atoms with E-state index in [0.29, 0.717) is 22.6 Å². The van der Waals surface area contributed by atoms with E-state index in [4.69, 9.17) is 23.2 Å². The highest BCUT2D eigenvalue weighted by molar-refractivity contribution is 6.42. The van der Waals surface area contributed by atoms with Crippen LogP contribution in [0.25, 0.3) is 0 Å². The number of nitrogens with one attached hydrogen (secondary N) is 1. The normalized spacial score (nSPS) is 19.5. The van der Waals surface area contributed by atoms with Crippen LogP contribution in [0.2, 0.25) is 10.0 Å². The standard InChI is InChI=1S/C12H15Cl2NO/c1-12(16,7-15-9-3-4-9)8-2-5-10(13)11(14)6-8/h2,5-6,9,15-16H,3-4,7H2,1H3. The van der Waals surface area contributed by atoms with E-state index in [1.807, 2.05) is 6.07 Å². The molecule has 0 aliphatic heterocycles. The molecular formula is C12H15Cl2NO. The van der Waals surface area contributed by atoms with Gasteiger partial charge in [-0.3, -0.25) is 0 Å². The Kier molecular flexibility index (Phi) is 3.45. The summed E-state index contributed by atoms with van der Waals surface area (Å²) in [6.45, 7) is 2.32. The second-order valence-electron chi connectivity index (χ2n) is 4.56. The average Bonchev–Trinajstić information content (AvgIpc) is 3.03. The van der Waals surface area contributed by atoms with Gasteiger partial charge in [-0.15, -0.1) is 0 Å². The van der Waals surface area contributed by atoms with Gasteiger partial charge in [-0.1, -0.05) is 29.3 Å². The van der Waals surface area contributed by atoms with Gasteiger partial charge in [0.05, 0.1) is 15.6 Å². The molecule has 1 aromatic rings. The molecule has 4 heteroatoms. The predicted molar refractivity (Wildman–Crippen MR) is 67.1 cm³/mol. The van der Waals surface area contributed by atoms with Gasteiger partial charge in [0.2, 0.25) is 0 Å². The van der Waals surface area contributed by atoms with Gasteiger partial charge in [0.1, 0.15) is 0 Å². The van der Waals surface area contributed by atoms with Crippen molar-refractivity contribution in [1.29, 1.82) is 0 Å². The molecule has 2 rings (SSSR count). The smallest absolute Gasteiger partial charge is 0.0992 e. The third kappa shape index (κ3) is 2.89. The first-order valence-electron chi connectivity index (χ1n) is 5.40. The Hall–Kier alpha value is -0.280. The molecule has 0 aromatic heterocycles. The number of rotatable bonds is 4. The summed E-state index contributed by atoms with van der Waals surface area (Å²) in [5, 5.41) is 14.6. The predicted octanol–water partition coefficient (Wildman–Crippen LogP) is 2.95. The van der Waals surface area contributed by atoms with E-state index in [1.54, 1.807) is 19.1 Å². The second kappa shape index (κ2) is 4.53. The van der Waals surface area contributed by atoms with Crippen LogP contribution < -0.4 is 5.32 Å². The van der Waals surface area contributed by atoms with Crippen molar-refractivity contribution in [2.24, 2.45) is 0 Å². The Balaban J connectivity index is 2.09. The summed E-state index contributed by atoms with van der Waals surface area (Å²) in [5.41, 5.74) is -0.119. The summed E-state index contributed by atoms with van der Waals surface area (Å²) >= 11 is 11.8. The lowest BCUT2D eigenvalue weighted by molar-refractivity contribution is 0.0566. The van der Waals surface area contributed by atoms with Crippen molar-refractivity contribution < 1.29 is 5.11 Å². The van der Waals surface area contributed by atoms with Crippen LogP contribution in [-0.2, 0) is 5.60 Å². The molecule has 1 fully saturated rings. The molecule has 0 saturated heterocycles. The molecule has 88 valence electrons. The SMILES string of the molecule is CC(O)(CNC1CC1)c1ccc(Cl)c(Cl)c1. The Morgan fingerprint density at radius 3 is 2.62 bits per heavy atom. The van der Waals surface area contributed by atoms with Gasteiger partial charge in [-0.25, -0.2) is 0 Å². The molecule has 1 saturated carbocycles. The summed E-state index contributed by atoms with van der Waals surface area (Å²) in [6.07, 6.45) is 2.41. The van der Waals surface area contributed by atoms with Crippen LogP contribution in [0.3, 0.4) is 0 Å². The van der Waals surface area contributed by atoms with Gasteiger partial charge in [0.15, 0.2) is 0 Å². The van der Waals surface area contributed by atoms with E-state index in [2.05, 4.69) is 5.32 Å². The van der Waals surface area contributed by atoms with Gasteiger partial charge in [0, 0.05) is 12.6 Å². The zero-order valence-corrected chi connectivity index (χ0v) is 10.6. The summed E-state index contributed by atoms with van der Waals surface area (Å²) in [4.78, 5) is 0. The van der Waals surface area contributed by atoms with Crippen molar-refractivity contribution in [2.45, 2.75) is 31.4 Å². The Morgan fingerprint density at radius 1 is 1.38 bits per heavy atom. The third-order valence-electron chi connectivity index (χ3n) is 2.85. The van der Waals surface area contributed by atoms with Crippen LogP contribution in [0.15, 0.2) is 18.2 Å². The maximum Gasteiger partial charge on any atom is 0.0992 e. The maximum atomic E-state index is 10.3. The molecule has 0 radical (unpaired) electrons. The molecule has 0 spiro atoms. The highest BCUT2D eigenvalue weighted by Crippen LogP contribution is 2.29. The number of hydrogen-bond donors (Lipinski definition) is 2. The van der Waals surface area contributed by atoms with E-state index in [0.717, 1.165) is 5.56 Å². The first-order chi connectivity index (χ1) is 7.49. The number of aliphatic hydroxyl groups is 1. The van der Waals surface area contributed by atoms with E-state index >= 15 is 0 Å². The van der Waals surface area contributed by atoms with E-state index in [1.165, 1.54) is 12.8 Å². The highest BCUT2D eigenvalue weighted by Gasteiger charge is 2.28. The Labute approximate surface area is 106 Å². The maximum absolute atomic E-state index is 10.3. The van der Waals surface area contributed by atoms with Gasteiger partial charge in [0.25, 0.3) is 0 Å². The van der Waals surface area contributed by atoms with Crippen molar-refractivity contribution in [3.63, 3.8) is 0 Å². The lowest BCUT2D eigenvalue weighted by Crippen LogP contribution is -2.36. The molecule has 2 N–H and O–H groups in total. The van der Waals surface area contributed by atoms with Crippen LogP contribution in [0.1, 0.15) is 25.3 Å². The van der Waals surface area contributed by atoms with Crippen molar-refractivity contribution >= 4 is 23.2 Å². The molecule has 0 bridgehead atoms. The minimum Gasteiger partial charge on any atom is -0.384 e. The Morgan fingerprint density at radius 2 is 2.06 bits per heavy atom. The van der Waals surface area contributed by atoms with Gasteiger partial charge in [-0.05, 0) is 37.5 Å². The fourth-order valence-electron chi connectivity index (χ4n) is 1.56. The minimum atomic E-state index is -0.906. The topological polar surface area (TPSA) is 32.3 Å². The zero-order valence-electron chi connectivity index (χ0n) is 9.13. The van der Waals surface area contributed by atoms with Gasteiger partial charge in [-0.2, -0.15) is 0 Å². The quantitative estimate of drug-likeness (QED) is 0.872. The van der Waals surface area contributed by atoms with Crippen LogP contribution in [-0.4, -0.2) is 17.7 Å². The minimum absolute atomic E-state index is 0.478. The second-order valence-corrected chi connectivity index (χ2v) is 5.37. The number of hydrogen-bond acceptors (Lipinski definition) is 2. The molecule has 2 nitrogen and oxygen atoms in total. The van der Waals surface area contributed by atoms with E-state index in [-0.39, 0.29) is 0 Å². The van der Waals surface area contributed by atoms with E-state index in [9.17, 15) is 5.11 Å². The fraction of sp³-hybridized carbons (Fsp3) is 0.500. The van der Waals surface area contributed by atoms with Crippen LogP contribution in [0, 0.1) is 0 Å². The molecule has 0 amide bonds. The lowest BCUT2D eigenvalue weighted by atomic mass is 9.96. The Bertz CT molecular complexity index is 389. The molecule has 1 atom stereocenters. The van der Waals surface area contributed by atoms with Crippen LogP contribution in [0.4, 0.5) is 0 Å². The first kappa shape index (κ1) is 12.2. The van der Waals surface area contributed by atoms with Crippen molar-refractivity contribution in [2.75, 3.05) is 6.54 Å². The average molecular weight is 260 g/mol. The largest absolute Gasteiger partial charge is 0.384 e. The van der Waals surface area contributed by atoms with Crippen molar-refractivity contribution in [1.82, 2.24) is 5.32 Å². The monoisotopic (exact) mass is 259 g/mol. The highest BCUT2D eigenvalue weighted by atomic mass is 35.5. The van der Waals surface area contributed by atoms with Crippen LogP contribution in [0.5, 0.6) is 0 Å².